The van der Waals surface area contributed by atoms with Crippen LogP contribution in [0.1, 0.15) is 74.1 Å². The smallest absolute Gasteiger partial charge is 0.337 e. The Labute approximate surface area is 124 Å². The van der Waals surface area contributed by atoms with E-state index in [1.54, 1.807) is 6.07 Å². The third-order valence-electron chi connectivity index (χ3n) is 4.38. The van der Waals surface area contributed by atoms with E-state index < -0.39 is 5.97 Å². The van der Waals surface area contributed by atoms with Gasteiger partial charge in [-0.2, -0.15) is 0 Å². The monoisotopic (exact) mass is 286 g/mol. The molecule has 3 rings (SSSR count). The number of carboxylic acids is 1. The first-order valence-corrected chi connectivity index (χ1v) is 7.91. The second kappa shape index (κ2) is 5.51. The number of hydrogen-bond acceptors (Lipinski definition) is 2. The maximum Gasteiger partial charge on any atom is 0.337 e. The Hall–Kier alpha value is -1.84. The Bertz CT molecular complexity index is 671. The molecule has 0 radical (unpaired) electrons. The standard InChI is InChI=1S/C17H22N2O2/c1-3-6-12(4-2)19-14-8-5-7-13(17(20)21)15(14)18-16(19)11-9-10-11/h5,7-8,11-12H,3-4,6,9-10H2,1-2H3,(H,20,21). The van der Waals surface area contributed by atoms with Crippen molar-refractivity contribution in [1.29, 1.82) is 0 Å². The Balaban J connectivity index is 2.22. The summed E-state index contributed by atoms with van der Waals surface area (Å²) in [5, 5.41) is 9.39. The number of para-hydroxylation sites is 1. The number of imidazole rings is 1. The van der Waals surface area contributed by atoms with Gasteiger partial charge in [-0.15, -0.1) is 0 Å². The summed E-state index contributed by atoms with van der Waals surface area (Å²) in [5.74, 6) is 0.722. The van der Waals surface area contributed by atoms with Gasteiger partial charge < -0.3 is 9.67 Å². The first-order chi connectivity index (χ1) is 10.2. The van der Waals surface area contributed by atoms with Gasteiger partial charge >= 0.3 is 5.97 Å². The van der Waals surface area contributed by atoms with E-state index in [-0.39, 0.29) is 0 Å². The molecule has 1 aliphatic rings. The van der Waals surface area contributed by atoms with Gasteiger partial charge in [-0.1, -0.05) is 26.3 Å². The van der Waals surface area contributed by atoms with Crippen molar-refractivity contribution in [2.45, 2.75) is 57.9 Å². The summed E-state index contributed by atoms with van der Waals surface area (Å²) in [6.07, 6.45) is 5.64. The molecular formula is C17H22N2O2. The topological polar surface area (TPSA) is 55.1 Å². The van der Waals surface area contributed by atoms with E-state index >= 15 is 0 Å². The summed E-state index contributed by atoms with van der Waals surface area (Å²) in [7, 11) is 0. The van der Waals surface area contributed by atoms with E-state index in [4.69, 9.17) is 4.98 Å². The second-order valence-electron chi connectivity index (χ2n) is 5.94. The predicted molar refractivity (Wildman–Crippen MR) is 82.9 cm³/mol. The van der Waals surface area contributed by atoms with Crippen LogP contribution in [0.2, 0.25) is 0 Å². The number of nitrogens with zero attached hydrogens (tertiary/aromatic N) is 2. The van der Waals surface area contributed by atoms with Crippen molar-refractivity contribution in [3.63, 3.8) is 0 Å². The van der Waals surface area contributed by atoms with E-state index in [0.717, 1.165) is 30.6 Å². The van der Waals surface area contributed by atoms with Crippen molar-refractivity contribution < 1.29 is 9.90 Å². The van der Waals surface area contributed by atoms with Crippen molar-refractivity contribution >= 4 is 17.0 Å². The SMILES string of the molecule is CCCC(CC)n1c(C2CC2)nc2c(C(=O)O)cccc21. The zero-order valence-corrected chi connectivity index (χ0v) is 12.7. The molecule has 21 heavy (non-hydrogen) atoms. The van der Waals surface area contributed by atoms with Crippen molar-refractivity contribution in [3.05, 3.63) is 29.6 Å². The zero-order valence-electron chi connectivity index (χ0n) is 12.7. The minimum atomic E-state index is -0.892. The van der Waals surface area contributed by atoms with Crippen LogP contribution in [0.3, 0.4) is 0 Å². The summed E-state index contributed by atoms with van der Waals surface area (Å²) in [6, 6.07) is 5.91. The fourth-order valence-corrected chi connectivity index (χ4v) is 3.17. The molecule has 1 fully saturated rings. The highest BCUT2D eigenvalue weighted by Crippen LogP contribution is 2.43. The van der Waals surface area contributed by atoms with E-state index in [9.17, 15) is 9.90 Å². The van der Waals surface area contributed by atoms with Gasteiger partial charge in [-0.3, -0.25) is 0 Å². The van der Waals surface area contributed by atoms with Crippen LogP contribution in [-0.4, -0.2) is 20.6 Å². The van der Waals surface area contributed by atoms with Gasteiger partial charge in [0.25, 0.3) is 0 Å². The number of hydrogen-bond donors (Lipinski definition) is 1. The molecular weight excluding hydrogens is 264 g/mol. The van der Waals surface area contributed by atoms with Crippen LogP contribution in [0.15, 0.2) is 18.2 Å². The summed E-state index contributed by atoms with van der Waals surface area (Å²) in [5.41, 5.74) is 1.96. The summed E-state index contributed by atoms with van der Waals surface area (Å²) in [6.45, 7) is 4.39. The number of aromatic carboxylic acids is 1. The molecule has 1 heterocycles. The Kier molecular flexibility index (Phi) is 3.70. The van der Waals surface area contributed by atoms with Crippen LogP contribution in [0.5, 0.6) is 0 Å². The third kappa shape index (κ3) is 2.43. The fourth-order valence-electron chi connectivity index (χ4n) is 3.17. The van der Waals surface area contributed by atoms with Crippen LogP contribution >= 0.6 is 0 Å². The zero-order chi connectivity index (χ0) is 15.0. The lowest BCUT2D eigenvalue weighted by Gasteiger charge is -2.20. The minimum absolute atomic E-state index is 0.319. The molecule has 0 amide bonds. The van der Waals surface area contributed by atoms with Gasteiger partial charge in [-0.25, -0.2) is 9.78 Å². The maximum atomic E-state index is 11.4. The molecule has 1 aromatic heterocycles. The molecule has 4 heteroatoms. The average Bonchev–Trinajstić information content (AvgIpc) is 3.25. The highest BCUT2D eigenvalue weighted by atomic mass is 16.4. The van der Waals surface area contributed by atoms with Gasteiger partial charge in [0.15, 0.2) is 0 Å². The molecule has 112 valence electrons. The number of benzene rings is 1. The van der Waals surface area contributed by atoms with E-state index in [1.807, 2.05) is 12.1 Å². The lowest BCUT2D eigenvalue weighted by Crippen LogP contribution is -2.11. The average molecular weight is 286 g/mol. The molecule has 1 unspecified atom stereocenters. The molecule has 1 N–H and O–H groups in total. The second-order valence-corrected chi connectivity index (χ2v) is 5.94. The van der Waals surface area contributed by atoms with Crippen LogP contribution in [0.25, 0.3) is 11.0 Å². The van der Waals surface area contributed by atoms with Gasteiger partial charge in [0, 0.05) is 12.0 Å². The molecule has 1 saturated carbocycles. The van der Waals surface area contributed by atoms with Crippen LogP contribution < -0.4 is 0 Å². The molecule has 2 aromatic rings. The van der Waals surface area contributed by atoms with Crippen LogP contribution in [-0.2, 0) is 0 Å². The number of carbonyl (C=O) groups is 1. The van der Waals surface area contributed by atoms with Crippen molar-refractivity contribution in [2.75, 3.05) is 0 Å². The van der Waals surface area contributed by atoms with Crippen molar-refractivity contribution in [1.82, 2.24) is 9.55 Å². The number of fused-ring (bicyclic) bond motifs is 1. The van der Waals surface area contributed by atoms with E-state index in [2.05, 4.69) is 18.4 Å². The molecule has 0 spiro atoms. The van der Waals surface area contributed by atoms with Crippen LogP contribution in [0, 0.1) is 0 Å². The Morgan fingerprint density at radius 3 is 2.76 bits per heavy atom. The fraction of sp³-hybridized carbons (Fsp3) is 0.529. The number of carboxylic acid groups (broad SMARTS) is 1. The Morgan fingerprint density at radius 1 is 1.43 bits per heavy atom. The molecule has 1 aromatic carbocycles. The number of rotatable bonds is 6. The normalized spacial score (nSPS) is 16.3. The van der Waals surface area contributed by atoms with E-state index in [1.165, 1.54) is 12.8 Å². The van der Waals surface area contributed by atoms with Crippen molar-refractivity contribution in [3.8, 4) is 0 Å². The lowest BCUT2D eigenvalue weighted by molar-refractivity contribution is 0.0699. The van der Waals surface area contributed by atoms with Gasteiger partial charge in [0.2, 0.25) is 0 Å². The van der Waals surface area contributed by atoms with Crippen molar-refractivity contribution in [2.24, 2.45) is 0 Å². The minimum Gasteiger partial charge on any atom is -0.478 e. The van der Waals surface area contributed by atoms with Gasteiger partial charge in [0.1, 0.15) is 11.3 Å². The first-order valence-electron chi connectivity index (χ1n) is 7.91. The summed E-state index contributed by atoms with van der Waals surface area (Å²) >= 11 is 0. The molecule has 0 aliphatic heterocycles. The maximum absolute atomic E-state index is 11.4. The van der Waals surface area contributed by atoms with Crippen LogP contribution in [0.4, 0.5) is 0 Å². The first kappa shape index (κ1) is 14.1. The van der Waals surface area contributed by atoms with Gasteiger partial charge in [-0.05, 0) is 37.8 Å². The molecule has 0 bridgehead atoms. The summed E-state index contributed by atoms with van der Waals surface area (Å²) in [4.78, 5) is 16.2. The molecule has 1 aliphatic carbocycles. The highest BCUT2D eigenvalue weighted by Gasteiger charge is 2.32. The quantitative estimate of drug-likeness (QED) is 0.858. The molecule has 1 atom stereocenters. The van der Waals surface area contributed by atoms with E-state index in [0.29, 0.717) is 23.0 Å². The lowest BCUT2D eigenvalue weighted by atomic mass is 10.1. The third-order valence-corrected chi connectivity index (χ3v) is 4.38. The molecule has 0 saturated heterocycles. The highest BCUT2D eigenvalue weighted by molar-refractivity contribution is 6.01. The molecule has 4 nitrogen and oxygen atoms in total. The predicted octanol–water partition coefficient (Wildman–Crippen LogP) is 4.36. The Morgan fingerprint density at radius 2 is 2.19 bits per heavy atom. The number of aromatic nitrogens is 2. The largest absolute Gasteiger partial charge is 0.478 e. The summed E-state index contributed by atoms with van der Waals surface area (Å²) < 4.78 is 2.32. The van der Waals surface area contributed by atoms with Gasteiger partial charge in [0.05, 0.1) is 11.1 Å².